The molecule has 1 aliphatic heterocycles. The van der Waals surface area contributed by atoms with Crippen LogP contribution < -0.4 is 9.14 Å². The Balaban J connectivity index is 1.74. The van der Waals surface area contributed by atoms with Gasteiger partial charge in [0.25, 0.3) is 5.65 Å². The average molecular weight is 505 g/mol. The maximum absolute atomic E-state index is 6.55. The zero-order chi connectivity index (χ0) is 27.0. The molecule has 4 heteroatoms. The fraction of sp³-hybridized carbons (Fsp3) is 0.353. The van der Waals surface area contributed by atoms with Gasteiger partial charge in [0.2, 0.25) is 5.52 Å². The van der Waals surface area contributed by atoms with E-state index in [0.29, 0.717) is 0 Å². The molecule has 2 aromatic carbocycles. The zero-order valence-electron chi connectivity index (χ0n) is 23.7. The molecule has 2 atom stereocenters. The van der Waals surface area contributed by atoms with Gasteiger partial charge in [-0.3, -0.25) is 4.98 Å². The predicted molar refractivity (Wildman–Crippen MR) is 157 cm³/mol. The lowest BCUT2D eigenvalue weighted by Gasteiger charge is -2.47. The van der Waals surface area contributed by atoms with Gasteiger partial charge in [0.05, 0.1) is 17.1 Å². The summed E-state index contributed by atoms with van der Waals surface area (Å²) < 4.78 is 11.5. The Bertz CT molecular complexity index is 1740. The Labute approximate surface area is 225 Å². The smallest absolute Gasteiger partial charge is 0.297 e. The highest BCUT2D eigenvalue weighted by molar-refractivity contribution is 5.99. The minimum absolute atomic E-state index is 0.0314. The average Bonchev–Trinajstić information content (AvgIpc) is 3.27. The maximum Gasteiger partial charge on any atom is 0.297 e. The number of aromatic nitrogens is 3. The normalized spacial score (nSPS) is 21.0. The van der Waals surface area contributed by atoms with Gasteiger partial charge in [-0.25, -0.2) is 4.57 Å². The molecule has 38 heavy (non-hydrogen) atoms. The summed E-state index contributed by atoms with van der Waals surface area (Å²) in [5, 5.41) is 1.26. The molecular formula is C34H38N3O+. The number of hydrogen-bond donors (Lipinski definition) is 0. The van der Waals surface area contributed by atoms with E-state index < -0.39 is 0 Å². The first-order valence-electron chi connectivity index (χ1n) is 13.8. The Morgan fingerprint density at radius 2 is 1.76 bits per heavy atom. The van der Waals surface area contributed by atoms with Crippen molar-refractivity contribution >= 4 is 33.7 Å². The fourth-order valence-corrected chi connectivity index (χ4v) is 6.56. The van der Waals surface area contributed by atoms with E-state index in [-0.39, 0.29) is 16.4 Å². The summed E-state index contributed by atoms with van der Waals surface area (Å²) >= 11 is 0. The second-order valence-corrected chi connectivity index (χ2v) is 12.2. The topological polar surface area (TPSA) is 31.1 Å². The lowest BCUT2D eigenvalue weighted by atomic mass is 9.61. The standard InChI is InChI=1S/C34H38N3O/c1-9-22-15-17-23(18-16-22)38-27-14-12-13-26-30(27)36-20-19-25-29-24(21-28(35-25)32(4,5)6)33(7,10-2)34(8,11-3)37(26)31(29)36/h9,12-21H,1,10-11H2,2-8H3/q+1. The number of pyridine rings is 2. The van der Waals surface area contributed by atoms with Crippen molar-refractivity contribution in [1.82, 2.24) is 9.55 Å². The quantitative estimate of drug-likeness (QED) is 0.225. The molecule has 0 saturated carbocycles. The molecule has 194 valence electrons. The van der Waals surface area contributed by atoms with Crippen LogP contribution in [-0.4, -0.2) is 9.55 Å². The number of hydrogen-bond acceptors (Lipinski definition) is 2. The van der Waals surface area contributed by atoms with Crippen LogP contribution >= 0.6 is 0 Å². The second kappa shape index (κ2) is 8.17. The van der Waals surface area contributed by atoms with E-state index in [1.54, 1.807) is 0 Å². The molecule has 0 spiro atoms. The molecule has 5 aromatic rings. The van der Waals surface area contributed by atoms with Crippen LogP contribution in [-0.2, 0) is 16.4 Å². The van der Waals surface area contributed by atoms with Crippen LogP contribution in [0.25, 0.3) is 33.7 Å². The third-order valence-electron chi connectivity index (χ3n) is 9.34. The molecule has 3 aromatic heterocycles. The summed E-state index contributed by atoms with van der Waals surface area (Å²) in [5.41, 5.74) is 7.93. The van der Waals surface area contributed by atoms with Gasteiger partial charge in [-0.2, -0.15) is 4.40 Å². The highest BCUT2D eigenvalue weighted by atomic mass is 16.5. The van der Waals surface area contributed by atoms with Gasteiger partial charge in [0, 0.05) is 22.6 Å². The molecule has 1 aliphatic rings. The van der Waals surface area contributed by atoms with Gasteiger partial charge in [-0.1, -0.05) is 72.4 Å². The molecule has 6 rings (SSSR count). The van der Waals surface area contributed by atoms with Crippen LogP contribution in [0.4, 0.5) is 0 Å². The van der Waals surface area contributed by atoms with Gasteiger partial charge < -0.3 is 4.74 Å². The van der Waals surface area contributed by atoms with Crippen LogP contribution in [0.5, 0.6) is 11.5 Å². The van der Waals surface area contributed by atoms with E-state index in [1.165, 1.54) is 22.1 Å². The lowest BCUT2D eigenvalue weighted by Crippen LogP contribution is -2.51. The summed E-state index contributed by atoms with van der Waals surface area (Å²) in [6.45, 7) is 20.2. The number of ether oxygens (including phenoxy) is 1. The van der Waals surface area contributed by atoms with Gasteiger partial charge >= 0.3 is 0 Å². The maximum atomic E-state index is 6.55. The highest BCUT2D eigenvalue weighted by Gasteiger charge is 2.55. The van der Waals surface area contributed by atoms with Crippen LogP contribution in [0.1, 0.15) is 78.1 Å². The van der Waals surface area contributed by atoms with Crippen molar-refractivity contribution < 1.29 is 9.14 Å². The van der Waals surface area contributed by atoms with E-state index >= 15 is 0 Å². The number of para-hydroxylation sites is 1. The third-order valence-corrected chi connectivity index (χ3v) is 9.34. The summed E-state index contributed by atoms with van der Waals surface area (Å²) in [5.74, 6) is 1.66. The van der Waals surface area contributed by atoms with Crippen molar-refractivity contribution in [2.45, 2.75) is 77.7 Å². The van der Waals surface area contributed by atoms with Crippen molar-refractivity contribution in [3.63, 3.8) is 0 Å². The Morgan fingerprint density at radius 1 is 1.03 bits per heavy atom. The van der Waals surface area contributed by atoms with Crippen molar-refractivity contribution in [3.8, 4) is 11.5 Å². The molecule has 0 aliphatic carbocycles. The van der Waals surface area contributed by atoms with Crippen molar-refractivity contribution in [1.29, 1.82) is 0 Å². The van der Waals surface area contributed by atoms with E-state index in [1.807, 2.05) is 30.3 Å². The van der Waals surface area contributed by atoms with Gasteiger partial charge in [0.15, 0.2) is 11.3 Å². The fourth-order valence-electron chi connectivity index (χ4n) is 6.56. The number of fused-ring (bicyclic) bond motifs is 3. The lowest BCUT2D eigenvalue weighted by molar-refractivity contribution is -0.481. The van der Waals surface area contributed by atoms with Crippen LogP contribution in [0.3, 0.4) is 0 Å². The number of rotatable bonds is 5. The summed E-state index contributed by atoms with van der Waals surface area (Å²) in [4.78, 5) is 5.22. The minimum atomic E-state index is -0.142. The molecule has 0 bridgehead atoms. The molecular weight excluding hydrogens is 466 g/mol. The molecule has 0 amide bonds. The van der Waals surface area contributed by atoms with Crippen LogP contribution in [0, 0.1) is 0 Å². The first-order chi connectivity index (χ1) is 18.1. The van der Waals surface area contributed by atoms with Gasteiger partial charge in [0.1, 0.15) is 11.3 Å². The molecule has 4 heterocycles. The second-order valence-electron chi connectivity index (χ2n) is 12.2. The monoisotopic (exact) mass is 504 g/mol. The molecule has 0 fully saturated rings. The van der Waals surface area contributed by atoms with Crippen molar-refractivity contribution in [3.05, 3.63) is 84.2 Å². The molecule has 2 unspecified atom stereocenters. The Morgan fingerprint density at radius 3 is 2.39 bits per heavy atom. The summed E-state index contributed by atoms with van der Waals surface area (Å²) in [6.07, 6.45) is 6.07. The summed E-state index contributed by atoms with van der Waals surface area (Å²) in [6, 6.07) is 19.1. The summed E-state index contributed by atoms with van der Waals surface area (Å²) in [7, 11) is 0. The molecule has 0 saturated heterocycles. The SMILES string of the molecule is C=Cc1ccc(Oc2cccc3c2[n+]2ccc4nc(C(C)(C)C)cc5c4c2n3C(C)(CC)C5(C)CC)cc1. The Kier molecular flexibility index (Phi) is 5.30. The van der Waals surface area contributed by atoms with E-state index in [2.05, 4.69) is 101 Å². The number of nitrogens with zero attached hydrogens (tertiary/aromatic N) is 3. The first kappa shape index (κ1) is 24.7. The largest absolute Gasteiger partial charge is 0.453 e. The third kappa shape index (κ3) is 3.15. The minimum Gasteiger partial charge on any atom is -0.453 e. The molecule has 0 N–H and O–H groups in total. The van der Waals surface area contributed by atoms with Gasteiger partial charge in [-0.05, 0) is 61.2 Å². The van der Waals surface area contributed by atoms with Crippen LogP contribution in [0.2, 0.25) is 0 Å². The van der Waals surface area contributed by atoms with E-state index in [4.69, 9.17) is 9.72 Å². The van der Waals surface area contributed by atoms with Crippen molar-refractivity contribution in [2.24, 2.45) is 0 Å². The van der Waals surface area contributed by atoms with E-state index in [9.17, 15) is 0 Å². The number of benzene rings is 2. The number of imidazole rings is 1. The predicted octanol–water partition coefficient (Wildman–Crippen LogP) is 8.47. The van der Waals surface area contributed by atoms with Crippen molar-refractivity contribution in [2.75, 3.05) is 0 Å². The Hall–Kier alpha value is -3.66. The van der Waals surface area contributed by atoms with E-state index in [0.717, 1.165) is 46.6 Å². The van der Waals surface area contributed by atoms with Crippen LogP contribution in [0.15, 0.2) is 67.4 Å². The van der Waals surface area contributed by atoms with Gasteiger partial charge in [-0.15, -0.1) is 0 Å². The first-order valence-corrected chi connectivity index (χ1v) is 13.8. The highest BCUT2D eigenvalue weighted by Crippen LogP contribution is 2.54. The molecule has 4 nitrogen and oxygen atoms in total. The zero-order valence-corrected chi connectivity index (χ0v) is 23.7. The molecule has 0 radical (unpaired) electrons.